The maximum Gasteiger partial charge on any atom is 0.166 e. The molecule has 0 aliphatic carbocycles. The molecule has 6 heteroatoms. The number of halogens is 2. The molecule has 94 valence electrons. The number of pyridine rings is 2. The van der Waals surface area contributed by atoms with Gasteiger partial charge in [-0.3, -0.25) is 4.98 Å². The van der Waals surface area contributed by atoms with Gasteiger partial charge >= 0.3 is 0 Å². The van der Waals surface area contributed by atoms with E-state index in [1.165, 1.54) is 18.3 Å². The third-order valence-electron chi connectivity index (χ3n) is 2.32. The summed E-state index contributed by atoms with van der Waals surface area (Å²) >= 11 is 3.27. The number of nitrogens with two attached hydrogens (primary N) is 1. The maximum absolute atomic E-state index is 13.5. The van der Waals surface area contributed by atoms with Gasteiger partial charge < -0.3 is 10.5 Å². The van der Waals surface area contributed by atoms with Gasteiger partial charge in [0.25, 0.3) is 0 Å². The highest BCUT2D eigenvalue weighted by Gasteiger charge is 2.15. The van der Waals surface area contributed by atoms with E-state index < -0.39 is 11.9 Å². The Morgan fingerprint density at radius 3 is 2.94 bits per heavy atom. The molecular weight excluding hydrogens is 301 g/mol. The third-order valence-corrected chi connectivity index (χ3v) is 2.76. The lowest BCUT2D eigenvalue weighted by atomic mass is 10.2. The van der Waals surface area contributed by atoms with E-state index in [2.05, 4.69) is 25.9 Å². The minimum Gasteiger partial charge on any atom is -0.480 e. The van der Waals surface area contributed by atoms with E-state index in [0.717, 1.165) is 4.47 Å². The highest BCUT2D eigenvalue weighted by Crippen LogP contribution is 2.28. The Morgan fingerprint density at radius 2 is 2.22 bits per heavy atom. The monoisotopic (exact) mass is 311 g/mol. The quantitative estimate of drug-likeness (QED) is 0.946. The summed E-state index contributed by atoms with van der Waals surface area (Å²) in [7, 11) is 0. The lowest BCUT2D eigenvalue weighted by molar-refractivity contribution is 0.216. The van der Waals surface area contributed by atoms with E-state index in [-0.39, 0.29) is 11.5 Å². The summed E-state index contributed by atoms with van der Waals surface area (Å²) in [5.74, 6) is 0.231. The first-order chi connectivity index (χ1) is 8.58. The molecule has 2 aromatic heterocycles. The standard InChI is InChI=1S/C12H11BrFN3O/c1-7(11-9(14)3-2-4-16-11)18-10-5-8(13)6-17-12(10)15/h2-7H,1H3,(H2,15,17)/t7-/m1/s1. The van der Waals surface area contributed by atoms with Gasteiger partial charge in [-0.25, -0.2) is 9.37 Å². The van der Waals surface area contributed by atoms with Gasteiger partial charge in [0.2, 0.25) is 0 Å². The predicted molar refractivity (Wildman–Crippen MR) is 69.6 cm³/mol. The molecule has 4 nitrogen and oxygen atoms in total. The van der Waals surface area contributed by atoms with Crippen LogP contribution in [0.3, 0.4) is 0 Å². The van der Waals surface area contributed by atoms with Gasteiger partial charge in [0.15, 0.2) is 11.6 Å². The van der Waals surface area contributed by atoms with Crippen LogP contribution in [-0.4, -0.2) is 9.97 Å². The molecule has 2 aromatic rings. The number of ether oxygens (including phenoxy) is 1. The fourth-order valence-electron chi connectivity index (χ4n) is 1.47. The Balaban J connectivity index is 2.24. The second-order valence-corrected chi connectivity index (χ2v) is 4.58. The van der Waals surface area contributed by atoms with Crippen LogP contribution in [-0.2, 0) is 0 Å². The van der Waals surface area contributed by atoms with Crippen molar-refractivity contribution in [3.05, 3.63) is 46.6 Å². The summed E-state index contributed by atoms with van der Waals surface area (Å²) in [6, 6.07) is 4.55. The SMILES string of the molecule is C[C@@H](Oc1cc(Br)cnc1N)c1ncccc1F. The summed E-state index contributed by atoms with van der Waals surface area (Å²) < 4.78 is 19.8. The Bertz CT molecular complexity index is 565. The van der Waals surface area contributed by atoms with Crippen molar-refractivity contribution in [1.29, 1.82) is 0 Å². The molecule has 2 N–H and O–H groups in total. The van der Waals surface area contributed by atoms with Crippen LogP contribution < -0.4 is 10.5 Å². The van der Waals surface area contributed by atoms with Crippen LogP contribution in [0.2, 0.25) is 0 Å². The van der Waals surface area contributed by atoms with Crippen molar-refractivity contribution in [2.24, 2.45) is 0 Å². The fourth-order valence-corrected chi connectivity index (χ4v) is 1.78. The fraction of sp³-hybridized carbons (Fsp3) is 0.167. The van der Waals surface area contributed by atoms with E-state index in [4.69, 9.17) is 10.5 Å². The minimum absolute atomic E-state index is 0.233. The van der Waals surface area contributed by atoms with Crippen molar-refractivity contribution in [3.8, 4) is 5.75 Å². The topological polar surface area (TPSA) is 61.0 Å². The second-order valence-electron chi connectivity index (χ2n) is 3.67. The molecule has 0 saturated heterocycles. The number of rotatable bonds is 3. The van der Waals surface area contributed by atoms with Gasteiger partial charge in [0, 0.05) is 16.9 Å². The Hall–Kier alpha value is -1.69. The molecule has 0 bridgehead atoms. The molecular formula is C12H11BrFN3O. The van der Waals surface area contributed by atoms with Crippen molar-refractivity contribution >= 4 is 21.7 Å². The van der Waals surface area contributed by atoms with Gasteiger partial charge in [-0.2, -0.15) is 0 Å². The average Bonchev–Trinajstić information content (AvgIpc) is 2.34. The van der Waals surface area contributed by atoms with Crippen molar-refractivity contribution in [2.45, 2.75) is 13.0 Å². The lowest BCUT2D eigenvalue weighted by Crippen LogP contribution is -2.09. The van der Waals surface area contributed by atoms with Crippen LogP contribution in [0.25, 0.3) is 0 Å². The van der Waals surface area contributed by atoms with Crippen LogP contribution in [0.4, 0.5) is 10.2 Å². The van der Waals surface area contributed by atoms with Gasteiger partial charge in [0.1, 0.15) is 17.6 Å². The first-order valence-corrected chi connectivity index (χ1v) is 6.05. The summed E-state index contributed by atoms with van der Waals surface area (Å²) in [6.07, 6.45) is 2.53. The smallest absolute Gasteiger partial charge is 0.166 e. The van der Waals surface area contributed by atoms with Gasteiger partial charge in [0.05, 0.1) is 0 Å². The predicted octanol–water partition coefficient (Wildman–Crippen LogP) is 3.10. The zero-order valence-corrected chi connectivity index (χ0v) is 11.2. The largest absolute Gasteiger partial charge is 0.480 e. The number of nitrogen functional groups attached to an aromatic ring is 1. The molecule has 0 unspecified atom stereocenters. The highest BCUT2D eigenvalue weighted by molar-refractivity contribution is 9.10. The molecule has 0 aliphatic rings. The zero-order chi connectivity index (χ0) is 13.1. The van der Waals surface area contributed by atoms with Crippen LogP contribution >= 0.6 is 15.9 Å². The molecule has 18 heavy (non-hydrogen) atoms. The van der Waals surface area contributed by atoms with Crippen LogP contribution in [0.1, 0.15) is 18.7 Å². The molecule has 0 aromatic carbocycles. The Labute approximate surface area is 112 Å². The van der Waals surface area contributed by atoms with E-state index >= 15 is 0 Å². The van der Waals surface area contributed by atoms with Crippen molar-refractivity contribution in [2.75, 3.05) is 5.73 Å². The number of aromatic nitrogens is 2. The summed E-state index contributed by atoms with van der Waals surface area (Å²) in [4.78, 5) is 7.89. The number of nitrogens with zero attached hydrogens (tertiary/aromatic N) is 2. The summed E-state index contributed by atoms with van der Waals surface area (Å²) in [5.41, 5.74) is 5.92. The van der Waals surface area contributed by atoms with Crippen molar-refractivity contribution in [1.82, 2.24) is 9.97 Å². The molecule has 1 atom stereocenters. The number of hydrogen-bond acceptors (Lipinski definition) is 4. The highest BCUT2D eigenvalue weighted by atomic mass is 79.9. The van der Waals surface area contributed by atoms with Crippen LogP contribution in [0.5, 0.6) is 5.75 Å². The molecule has 0 saturated carbocycles. The number of hydrogen-bond donors (Lipinski definition) is 1. The van der Waals surface area contributed by atoms with E-state index in [9.17, 15) is 4.39 Å². The Morgan fingerprint density at radius 1 is 1.44 bits per heavy atom. The summed E-state index contributed by atoms with van der Waals surface area (Å²) in [6.45, 7) is 1.70. The zero-order valence-electron chi connectivity index (χ0n) is 9.60. The van der Waals surface area contributed by atoms with Crippen LogP contribution in [0, 0.1) is 5.82 Å². The first kappa shape index (κ1) is 12.8. The average molecular weight is 312 g/mol. The molecule has 2 rings (SSSR count). The number of anilines is 1. The van der Waals surface area contributed by atoms with Gasteiger partial charge in [-0.15, -0.1) is 0 Å². The van der Waals surface area contributed by atoms with Crippen molar-refractivity contribution in [3.63, 3.8) is 0 Å². The third kappa shape index (κ3) is 2.76. The molecule has 0 spiro atoms. The van der Waals surface area contributed by atoms with Crippen molar-refractivity contribution < 1.29 is 9.13 Å². The summed E-state index contributed by atoms with van der Waals surface area (Å²) in [5, 5.41) is 0. The molecule has 0 amide bonds. The van der Waals surface area contributed by atoms with Gasteiger partial charge in [-0.1, -0.05) is 0 Å². The molecule has 2 heterocycles. The maximum atomic E-state index is 13.5. The Kier molecular flexibility index (Phi) is 3.76. The first-order valence-electron chi connectivity index (χ1n) is 5.26. The molecule has 0 fully saturated rings. The van der Waals surface area contributed by atoms with Gasteiger partial charge in [-0.05, 0) is 41.1 Å². The molecule has 0 radical (unpaired) electrons. The van der Waals surface area contributed by atoms with E-state index in [1.54, 1.807) is 19.2 Å². The van der Waals surface area contributed by atoms with E-state index in [1.807, 2.05) is 0 Å². The second kappa shape index (κ2) is 5.30. The minimum atomic E-state index is -0.551. The van der Waals surface area contributed by atoms with E-state index in [0.29, 0.717) is 5.75 Å². The normalized spacial score (nSPS) is 12.2. The lowest BCUT2D eigenvalue weighted by Gasteiger charge is -2.15. The molecule has 0 aliphatic heterocycles. The van der Waals surface area contributed by atoms with Crippen LogP contribution in [0.15, 0.2) is 35.1 Å².